The summed E-state index contributed by atoms with van der Waals surface area (Å²) in [5.41, 5.74) is 3.69. The van der Waals surface area contributed by atoms with Crippen molar-refractivity contribution in [1.82, 2.24) is 25.2 Å². The van der Waals surface area contributed by atoms with E-state index in [9.17, 15) is 9.18 Å². The highest BCUT2D eigenvalue weighted by Gasteiger charge is 2.44. The van der Waals surface area contributed by atoms with Crippen LogP contribution in [0.3, 0.4) is 0 Å². The van der Waals surface area contributed by atoms with Gasteiger partial charge < -0.3 is 10.1 Å². The molecule has 2 aliphatic rings. The number of rotatable bonds is 6. The predicted octanol–water partition coefficient (Wildman–Crippen LogP) is 4.43. The molecule has 2 fully saturated rings. The first kappa shape index (κ1) is 23.3. The third-order valence-corrected chi connectivity index (χ3v) is 7.98. The molecule has 10 heteroatoms. The van der Waals surface area contributed by atoms with Crippen molar-refractivity contribution in [3.63, 3.8) is 0 Å². The number of nitrogens with zero attached hydrogens (tertiary/aromatic N) is 4. The summed E-state index contributed by atoms with van der Waals surface area (Å²) in [6.07, 6.45) is 5.55. The van der Waals surface area contributed by atoms with E-state index in [1.165, 1.54) is 6.42 Å². The molecule has 2 aromatic heterocycles. The number of ether oxygens (including phenoxy) is 1. The zero-order valence-corrected chi connectivity index (χ0v) is 20.3. The van der Waals surface area contributed by atoms with E-state index < -0.39 is 5.82 Å². The minimum atomic E-state index is -0.521. The van der Waals surface area contributed by atoms with E-state index in [0.29, 0.717) is 35.1 Å². The highest BCUT2D eigenvalue weighted by atomic mass is 35.5. The van der Waals surface area contributed by atoms with Gasteiger partial charge in [0, 0.05) is 30.1 Å². The van der Waals surface area contributed by atoms with Gasteiger partial charge in [-0.05, 0) is 44.4 Å². The fourth-order valence-electron chi connectivity index (χ4n) is 4.62. The Morgan fingerprint density at radius 3 is 2.79 bits per heavy atom. The van der Waals surface area contributed by atoms with Crippen LogP contribution in [0.25, 0.3) is 11.4 Å². The molecule has 1 aromatic carbocycles. The minimum Gasteiger partial charge on any atom is -0.372 e. The van der Waals surface area contributed by atoms with Crippen molar-refractivity contribution < 1.29 is 13.9 Å². The van der Waals surface area contributed by atoms with Gasteiger partial charge in [-0.2, -0.15) is 0 Å². The molecule has 0 radical (unpaired) electrons. The third kappa shape index (κ3) is 4.70. The molecule has 1 spiro atoms. The van der Waals surface area contributed by atoms with Crippen LogP contribution in [0.2, 0.25) is 5.02 Å². The molecule has 5 rings (SSSR count). The number of morpholine rings is 1. The zero-order valence-electron chi connectivity index (χ0n) is 18.8. The molecule has 1 unspecified atom stereocenters. The second-order valence-electron chi connectivity index (χ2n) is 8.80. The Hall–Kier alpha value is -2.46. The molecule has 1 atom stereocenters. The molecule has 1 aliphatic heterocycles. The number of halogens is 2. The number of carbonyl (C=O) groups excluding carboxylic acids is 1. The smallest absolute Gasteiger partial charge is 0.252 e. The molecular formula is C24H25ClFN5O2S. The lowest BCUT2D eigenvalue weighted by Gasteiger charge is -2.50. The van der Waals surface area contributed by atoms with Crippen LogP contribution in [0.5, 0.6) is 0 Å². The summed E-state index contributed by atoms with van der Waals surface area (Å²) >= 11 is 7.97. The Morgan fingerprint density at radius 2 is 2.12 bits per heavy atom. The molecule has 0 bridgehead atoms. The first-order chi connectivity index (χ1) is 16.4. The van der Waals surface area contributed by atoms with Gasteiger partial charge in [-0.3, -0.25) is 9.69 Å². The number of carbonyl (C=O) groups is 1. The summed E-state index contributed by atoms with van der Waals surface area (Å²) in [4.78, 5) is 29.2. The zero-order chi connectivity index (χ0) is 23.7. The lowest BCUT2D eigenvalue weighted by Crippen LogP contribution is -2.57. The highest BCUT2D eigenvalue weighted by molar-refractivity contribution is 7.09. The summed E-state index contributed by atoms with van der Waals surface area (Å²) in [5.74, 6) is -0.482. The van der Waals surface area contributed by atoms with E-state index >= 15 is 0 Å². The van der Waals surface area contributed by atoms with Gasteiger partial charge >= 0.3 is 0 Å². The van der Waals surface area contributed by atoms with Crippen molar-refractivity contribution in [2.24, 2.45) is 0 Å². The topological polar surface area (TPSA) is 80.2 Å². The van der Waals surface area contributed by atoms with Crippen molar-refractivity contribution in [2.45, 2.75) is 37.8 Å². The maximum atomic E-state index is 13.2. The SMILES string of the molecule is Cc1ncsc1C(CNC(=O)c1cc(-c2ncc(F)cn2)ccc1Cl)N1CCOC2(CCC2)C1. The Morgan fingerprint density at radius 1 is 1.32 bits per heavy atom. The number of nitrogens with one attached hydrogen (secondary N) is 1. The molecule has 1 aliphatic carbocycles. The lowest BCUT2D eigenvalue weighted by atomic mass is 9.78. The van der Waals surface area contributed by atoms with Gasteiger partial charge in [-0.25, -0.2) is 19.3 Å². The van der Waals surface area contributed by atoms with E-state index in [-0.39, 0.29) is 17.6 Å². The van der Waals surface area contributed by atoms with Gasteiger partial charge in [0.1, 0.15) is 0 Å². The van der Waals surface area contributed by atoms with Gasteiger partial charge in [-0.1, -0.05) is 11.6 Å². The Bertz CT molecular complexity index is 1180. The number of aromatic nitrogens is 3. The summed E-state index contributed by atoms with van der Waals surface area (Å²) in [6.45, 7) is 4.77. The molecule has 178 valence electrons. The van der Waals surface area contributed by atoms with Crippen LogP contribution < -0.4 is 5.32 Å². The summed E-state index contributed by atoms with van der Waals surface area (Å²) in [5, 5.41) is 3.40. The van der Waals surface area contributed by atoms with Crippen molar-refractivity contribution in [2.75, 3.05) is 26.2 Å². The van der Waals surface area contributed by atoms with Gasteiger partial charge in [0.2, 0.25) is 0 Å². The van der Waals surface area contributed by atoms with Crippen molar-refractivity contribution in [3.05, 3.63) is 63.1 Å². The van der Waals surface area contributed by atoms with E-state index in [0.717, 1.165) is 48.9 Å². The Labute approximate surface area is 206 Å². The third-order valence-electron chi connectivity index (χ3n) is 6.61. The van der Waals surface area contributed by atoms with Gasteiger partial charge in [0.25, 0.3) is 5.91 Å². The molecule has 1 saturated heterocycles. The summed E-state index contributed by atoms with van der Waals surface area (Å²) in [7, 11) is 0. The van der Waals surface area contributed by atoms with Crippen molar-refractivity contribution >= 4 is 28.8 Å². The maximum absolute atomic E-state index is 13.2. The molecule has 3 heterocycles. The normalized spacial score (nSPS) is 18.4. The van der Waals surface area contributed by atoms with Crippen LogP contribution in [-0.4, -0.2) is 57.6 Å². The monoisotopic (exact) mass is 501 g/mol. The van der Waals surface area contributed by atoms with E-state index in [4.69, 9.17) is 16.3 Å². The minimum absolute atomic E-state index is 0.000199. The summed E-state index contributed by atoms with van der Waals surface area (Å²) < 4.78 is 19.3. The molecule has 3 aromatic rings. The number of hydrogen-bond donors (Lipinski definition) is 1. The van der Waals surface area contributed by atoms with Gasteiger partial charge in [0.15, 0.2) is 11.6 Å². The number of benzene rings is 1. The molecule has 1 amide bonds. The molecule has 34 heavy (non-hydrogen) atoms. The van der Waals surface area contributed by atoms with Crippen LogP contribution in [0, 0.1) is 12.7 Å². The van der Waals surface area contributed by atoms with E-state index in [1.807, 2.05) is 12.4 Å². The molecular weight excluding hydrogens is 477 g/mol. The second-order valence-corrected chi connectivity index (χ2v) is 10.1. The Kier molecular flexibility index (Phi) is 6.61. The fourth-order valence-corrected chi connectivity index (χ4v) is 5.76. The van der Waals surface area contributed by atoms with Crippen molar-refractivity contribution in [3.8, 4) is 11.4 Å². The standard InChI is InChI=1S/C24H25ClFN5O2S/c1-15-21(34-14-30-15)20(31-7-8-33-24(13-31)5-2-6-24)12-29-23(32)18-9-16(3-4-19(18)25)22-27-10-17(26)11-28-22/h3-4,9-11,14,20H,2,5-8,12-13H2,1H3,(H,29,32). The highest BCUT2D eigenvalue weighted by Crippen LogP contribution is 2.41. The molecule has 1 N–H and O–H groups in total. The van der Waals surface area contributed by atoms with E-state index in [1.54, 1.807) is 29.5 Å². The quantitative estimate of drug-likeness (QED) is 0.538. The number of hydrogen-bond acceptors (Lipinski definition) is 7. The average Bonchev–Trinajstić information content (AvgIpc) is 3.25. The summed E-state index contributed by atoms with van der Waals surface area (Å²) in [6, 6.07) is 4.98. The van der Waals surface area contributed by atoms with Crippen LogP contribution in [0.4, 0.5) is 4.39 Å². The fraction of sp³-hybridized carbons (Fsp3) is 0.417. The van der Waals surface area contributed by atoms with Gasteiger partial charge in [0.05, 0.1) is 52.4 Å². The van der Waals surface area contributed by atoms with Crippen LogP contribution in [0.1, 0.15) is 46.2 Å². The second kappa shape index (κ2) is 9.65. The number of thiazole rings is 1. The molecule has 7 nitrogen and oxygen atoms in total. The van der Waals surface area contributed by atoms with Crippen molar-refractivity contribution in [1.29, 1.82) is 0 Å². The van der Waals surface area contributed by atoms with Crippen LogP contribution in [-0.2, 0) is 4.74 Å². The van der Waals surface area contributed by atoms with Gasteiger partial charge in [-0.15, -0.1) is 11.3 Å². The van der Waals surface area contributed by atoms with Crippen LogP contribution in [0.15, 0.2) is 36.1 Å². The Balaban J connectivity index is 1.35. The first-order valence-corrected chi connectivity index (χ1v) is 12.5. The maximum Gasteiger partial charge on any atom is 0.252 e. The number of aryl methyl sites for hydroxylation is 1. The number of amides is 1. The van der Waals surface area contributed by atoms with Crippen LogP contribution >= 0.6 is 22.9 Å². The first-order valence-electron chi connectivity index (χ1n) is 11.3. The largest absolute Gasteiger partial charge is 0.372 e. The molecule has 1 saturated carbocycles. The predicted molar refractivity (Wildman–Crippen MR) is 128 cm³/mol. The van der Waals surface area contributed by atoms with E-state index in [2.05, 4.69) is 25.2 Å². The average molecular weight is 502 g/mol. The lowest BCUT2D eigenvalue weighted by molar-refractivity contribution is -0.158.